The second kappa shape index (κ2) is 6.55. The molecule has 0 saturated carbocycles. The Balaban J connectivity index is 1.75. The number of carboxylic acid groups (broad SMARTS) is 1. The number of carboxylic acids is 1. The summed E-state index contributed by atoms with van der Waals surface area (Å²) in [6, 6.07) is 11.2. The molecule has 1 saturated heterocycles. The van der Waals surface area contributed by atoms with Crippen molar-refractivity contribution in [2.75, 3.05) is 11.4 Å². The average Bonchev–Trinajstić information content (AvgIpc) is 3.31. The zero-order valence-corrected chi connectivity index (χ0v) is 15.7. The summed E-state index contributed by atoms with van der Waals surface area (Å²) < 4.78 is 19.5. The van der Waals surface area contributed by atoms with Gasteiger partial charge in [0.05, 0.1) is 16.6 Å². The van der Waals surface area contributed by atoms with Gasteiger partial charge in [-0.2, -0.15) is 0 Å². The van der Waals surface area contributed by atoms with Crippen LogP contribution in [0.3, 0.4) is 0 Å². The highest BCUT2D eigenvalue weighted by molar-refractivity contribution is 5.94. The van der Waals surface area contributed by atoms with Gasteiger partial charge in [-0.25, -0.2) is 19.2 Å². The number of halogens is 1. The molecule has 5 rings (SSSR count). The lowest BCUT2D eigenvalue weighted by Crippen LogP contribution is -2.28. The number of furan rings is 1. The molecule has 1 aliphatic rings. The van der Waals surface area contributed by atoms with Gasteiger partial charge in [0, 0.05) is 24.0 Å². The van der Waals surface area contributed by atoms with Gasteiger partial charge >= 0.3 is 5.97 Å². The number of anilines is 1. The molecule has 0 spiro atoms. The van der Waals surface area contributed by atoms with E-state index >= 15 is 0 Å². The van der Waals surface area contributed by atoms with E-state index in [4.69, 9.17) is 14.4 Å². The third kappa shape index (κ3) is 2.99. The van der Waals surface area contributed by atoms with Gasteiger partial charge in [-0.05, 0) is 56.2 Å². The monoisotopic (exact) mass is 391 g/mol. The number of nitrogens with zero attached hydrogens (tertiary/aromatic N) is 3. The van der Waals surface area contributed by atoms with Crippen LogP contribution in [0.2, 0.25) is 0 Å². The van der Waals surface area contributed by atoms with Crippen LogP contribution in [0.1, 0.15) is 30.1 Å². The molecule has 146 valence electrons. The fourth-order valence-corrected chi connectivity index (χ4v) is 3.91. The van der Waals surface area contributed by atoms with Crippen molar-refractivity contribution in [2.24, 2.45) is 0 Å². The van der Waals surface area contributed by atoms with Crippen molar-refractivity contribution in [1.29, 1.82) is 0 Å². The van der Waals surface area contributed by atoms with Crippen LogP contribution >= 0.6 is 0 Å². The number of aromatic nitrogens is 2. The van der Waals surface area contributed by atoms with Crippen LogP contribution in [0.15, 0.2) is 46.9 Å². The largest absolute Gasteiger partial charge is 0.478 e. The minimum Gasteiger partial charge on any atom is -0.478 e. The number of hydrogen-bond donors (Lipinski definition) is 1. The van der Waals surface area contributed by atoms with Crippen molar-refractivity contribution in [3.63, 3.8) is 0 Å². The molecule has 1 N–H and O–H groups in total. The normalized spacial score (nSPS) is 16.8. The molecule has 1 atom stereocenters. The van der Waals surface area contributed by atoms with Crippen molar-refractivity contribution in [2.45, 2.75) is 25.8 Å². The maximum Gasteiger partial charge on any atom is 0.335 e. The molecule has 0 amide bonds. The zero-order valence-electron chi connectivity index (χ0n) is 15.7. The van der Waals surface area contributed by atoms with Gasteiger partial charge in [-0.15, -0.1) is 0 Å². The molecule has 2 aromatic carbocycles. The Morgan fingerprint density at radius 2 is 2.03 bits per heavy atom. The Hall–Kier alpha value is -3.48. The summed E-state index contributed by atoms with van der Waals surface area (Å²) in [5.74, 6) is -0.202. The lowest BCUT2D eigenvalue weighted by Gasteiger charge is -2.24. The van der Waals surface area contributed by atoms with Crippen molar-refractivity contribution in [3.8, 4) is 11.5 Å². The van der Waals surface area contributed by atoms with Crippen molar-refractivity contribution < 1.29 is 18.7 Å². The number of aromatic carboxylic acids is 1. The molecular formula is C22H18FN3O3. The third-order valence-electron chi connectivity index (χ3n) is 5.43. The van der Waals surface area contributed by atoms with E-state index in [1.54, 1.807) is 12.1 Å². The predicted octanol–water partition coefficient (Wildman–Crippen LogP) is 4.87. The van der Waals surface area contributed by atoms with Crippen LogP contribution in [-0.4, -0.2) is 33.6 Å². The van der Waals surface area contributed by atoms with Crippen molar-refractivity contribution in [1.82, 2.24) is 9.97 Å². The third-order valence-corrected chi connectivity index (χ3v) is 5.43. The molecule has 0 aliphatic carbocycles. The van der Waals surface area contributed by atoms with E-state index in [0.29, 0.717) is 33.9 Å². The molecule has 6 nitrogen and oxygen atoms in total. The first-order chi connectivity index (χ1) is 14.0. The number of carbonyl (C=O) groups is 1. The SMILES string of the molecule is C[C@H]1CCCN1c1nc2cc(C(=O)O)ccc2nc1-c1cc2ccc(F)cc2o1. The first-order valence-corrected chi connectivity index (χ1v) is 9.51. The fraction of sp³-hybridized carbons (Fsp3) is 0.227. The maximum absolute atomic E-state index is 13.6. The van der Waals surface area contributed by atoms with Crippen LogP contribution in [-0.2, 0) is 0 Å². The number of rotatable bonds is 3. The van der Waals surface area contributed by atoms with Crippen molar-refractivity contribution in [3.05, 3.63) is 53.8 Å². The van der Waals surface area contributed by atoms with Crippen LogP contribution in [0.5, 0.6) is 0 Å². The van der Waals surface area contributed by atoms with Gasteiger partial charge in [-0.1, -0.05) is 0 Å². The summed E-state index contributed by atoms with van der Waals surface area (Å²) in [7, 11) is 0. The first kappa shape index (κ1) is 17.6. The summed E-state index contributed by atoms with van der Waals surface area (Å²) >= 11 is 0. The molecule has 29 heavy (non-hydrogen) atoms. The van der Waals surface area contributed by atoms with E-state index in [1.165, 1.54) is 24.3 Å². The second-order valence-corrected chi connectivity index (χ2v) is 7.38. The summed E-state index contributed by atoms with van der Waals surface area (Å²) in [5.41, 5.74) is 2.28. The Morgan fingerprint density at radius 1 is 1.17 bits per heavy atom. The minimum atomic E-state index is -1.01. The average molecular weight is 391 g/mol. The molecule has 0 bridgehead atoms. The summed E-state index contributed by atoms with van der Waals surface area (Å²) in [4.78, 5) is 23.1. The molecule has 0 unspecified atom stereocenters. The molecular weight excluding hydrogens is 373 g/mol. The van der Waals surface area contributed by atoms with Crippen LogP contribution in [0.25, 0.3) is 33.5 Å². The minimum absolute atomic E-state index is 0.166. The highest BCUT2D eigenvalue weighted by atomic mass is 19.1. The number of benzene rings is 2. The summed E-state index contributed by atoms with van der Waals surface area (Å²) in [5, 5.41) is 10.1. The molecule has 4 aromatic rings. The van der Waals surface area contributed by atoms with Crippen molar-refractivity contribution >= 4 is 33.8 Å². The lowest BCUT2D eigenvalue weighted by molar-refractivity contribution is 0.0697. The van der Waals surface area contributed by atoms with Gasteiger partial charge < -0.3 is 14.4 Å². The zero-order chi connectivity index (χ0) is 20.1. The van der Waals surface area contributed by atoms with Crippen LogP contribution in [0.4, 0.5) is 10.2 Å². The smallest absolute Gasteiger partial charge is 0.335 e. The predicted molar refractivity (Wildman–Crippen MR) is 108 cm³/mol. The van der Waals surface area contributed by atoms with E-state index in [0.717, 1.165) is 24.8 Å². The standard InChI is InChI=1S/C22H18FN3O3/c1-12-3-2-8-26(12)21-20(19-10-13-4-6-15(23)11-18(13)29-19)24-16-7-5-14(22(27)28)9-17(16)25-21/h4-7,9-12H,2-3,8H2,1H3,(H,27,28)/t12-/m0/s1. The van der Waals surface area contributed by atoms with E-state index in [1.807, 2.05) is 6.07 Å². The quantitative estimate of drug-likeness (QED) is 0.537. The lowest BCUT2D eigenvalue weighted by atomic mass is 10.1. The maximum atomic E-state index is 13.6. The van der Waals surface area contributed by atoms with Gasteiger partial charge in [-0.3, -0.25) is 0 Å². The van der Waals surface area contributed by atoms with E-state index in [-0.39, 0.29) is 17.4 Å². The van der Waals surface area contributed by atoms with E-state index < -0.39 is 5.97 Å². The van der Waals surface area contributed by atoms with Gasteiger partial charge in [0.1, 0.15) is 17.1 Å². The Labute approximate surface area is 165 Å². The molecule has 0 radical (unpaired) electrons. The Bertz CT molecular complexity index is 1270. The van der Waals surface area contributed by atoms with Gasteiger partial charge in [0.15, 0.2) is 11.6 Å². The number of fused-ring (bicyclic) bond motifs is 2. The Morgan fingerprint density at radius 3 is 2.79 bits per heavy atom. The molecule has 1 aliphatic heterocycles. The fourth-order valence-electron chi connectivity index (χ4n) is 3.91. The Kier molecular flexibility index (Phi) is 3.97. The van der Waals surface area contributed by atoms with Crippen LogP contribution < -0.4 is 4.90 Å². The summed E-state index contributed by atoms with van der Waals surface area (Å²) in [6.45, 7) is 2.96. The molecule has 7 heteroatoms. The highest BCUT2D eigenvalue weighted by Crippen LogP contribution is 2.36. The van der Waals surface area contributed by atoms with E-state index in [2.05, 4.69) is 11.8 Å². The second-order valence-electron chi connectivity index (χ2n) is 7.38. The van der Waals surface area contributed by atoms with E-state index in [9.17, 15) is 14.3 Å². The van der Waals surface area contributed by atoms with Crippen LogP contribution in [0, 0.1) is 5.82 Å². The topological polar surface area (TPSA) is 79.5 Å². The highest BCUT2D eigenvalue weighted by Gasteiger charge is 2.27. The molecule has 1 fully saturated rings. The first-order valence-electron chi connectivity index (χ1n) is 9.51. The van der Waals surface area contributed by atoms with Gasteiger partial charge in [0.2, 0.25) is 0 Å². The summed E-state index contributed by atoms with van der Waals surface area (Å²) in [6.07, 6.45) is 2.08. The van der Waals surface area contributed by atoms with Gasteiger partial charge in [0.25, 0.3) is 0 Å². The number of hydrogen-bond acceptors (Lipinski definition) is 5. The molecule has 3 heterocycles. The molecule has 2 aromatic heterocycles.